The summed E-state index contributed by atoms with van der Waals surface area (Å²) in [7, 11) is 0. The molecule has 3 rings (SSSR count). The van der Waals surface area contributed by atoms with Crippen LogP contribution in [0.1, 0.15) is 16.1 Å². The van der Waals surface area contributed by atoms with Gasteiger partial charge in [-0.25, -0.2) is 14.4 Å². The van der Waals surface area contributed by atoms with Crippen molar-refractivity contribution in [2.24, 2.45) is 0 Å². The zero-order chi connectivity index (χ0) is 17.1. The lowest BCUT2D eigenvalue weighted by Crippen LogP contribution is -2.17. The molecular weight excluding hydrogens is 329 g/mol. The molecule has 2 heterocycles. The summed E-state index contributed by atoms with van der Waals surface area (Å²) in [6.45, 7) is 1.73. The maximum absolute atomic E-state index is 13.3. The van der Waals surface area contributed by atoms with Crippen molar-refractivity contribution in [2.75, 3.05) is 11.6 Å². The van der Waals surface area contributed by atoms with Crippen molar-refractivity contribution in [3.63, 3.8) is 0 Å². The molecule has 0 unspecified atom stereocenters. The molecule has 0 aliphatic heterocycles. The van der Waals surface area contributed by atoms with Gasteiger partial charge in [0, 0.05) is 5.69 Å². The third-order valence-corrected chi connectivity index (χ3v) is 3.98. The van der Waals surface area contributed by atoms with Crippen LogP contribution in [0.5, 0.6) is 0 Å². The number of aromatic nitrogens is 2. The van der Waals surface area contributed by atoms with Crippen LogP contribution in [0.4, 0.5) is 10.1 Å². The smallest absolute Gasteiger partial charge is 0.260 e. The SMILES string of the molecule is CSc1nc(-c2ccco2)nc(C)c1C(=O)Nc1cccc(F)c1. The molecule has 0 atom stereocenters. The summed E-state index contributed by atoms with van der Waals surface area (Å²) in [6.07, 6.45) is 3.37. The summed E-state index contributed by atoms with van der Waals surface area (Å²) >= 11 is 1.34. The van der Waals surface area contributed by atoms with Crippen LogP contribution >= 0.6 is 11.8 Å². The average molecular weight is 343 g/mol. The van der Waals surface area contributed by atoms with Crippen LogP contribution in [0.2, 0.25) is 0 Å². The Hall–Kier alpha value is -2.67. The van der Waals surface area contributed by atoms with Gasteiger partial charge < -0.3 is 9.73 Å². The summed E-state index contributed by atoms with van der Waals surface area (Å²) in [6, 6.07) is 9.22. The van der Waals surface area contributed by atoms with E-state index in [1.807, 2.05) is 6.26 Å². The number of nitrogens with one attached hydrogen (secondary N) is 1. The van der Waals surface area contributed by atoms with E-state index in [-0.39, 0.29) is 5.91 Å². The van der Waals surface area contributed by atoms with Crippen molar-refractivity contribution < 1.29 is 13.6 Å². The van der Waals surface area contributed by atoms with E-state index >= 15 is 0 Å². The van der Waals surface area contributed by atoms with Crippen LogP contribution in [0.25, 0.3) is 11.6 Å². The molecule has 0 radical (unpaired) electrons. The second-order valence-electron chi connectivity index (χ2n) is 4.96. The van der Waals surface area contributed by atoms with Crippen LogP contribution in [0.15, 0.2) is 52.1 Å². The van der Waals surface area contributed by atoms with E-state index in [9.17, 15) is 9.18 Å². The lowest BCUT2D eigenvalue weighted by Gasteiger charge is -2.11. The number of rotatable bonds is 4. The quantitative estimate of drug-likeness (QED) is 0.569. The molecule has 0 spiro atoms. The number of hydrogen-bond donors (Lipinski definition) is 1. The first-order valence-corrected chi connectivity index (χ1v) is 8.34. The highest BCUT2D eigenvalue weighted by atomic mass is 32.2. The summed E-state index contributed by atoms with van der Waals surface area (Å²) in [5.41, 5.74) is 1.26. The van der Waals surface area contributed by atoms with Gasteiger partial charge in [-0.15, -0.1) is 11.8 Å². The van der Waals surface area contributed by atoms with Gasteiger partial charge in [0.25, 0.3) is 5.91 Å². The first kappa shape index (κ1) is 16.2. The van der Waals surface area contributed by atoms with E-state index in [1.165, 1.54) is 36.2 Å². The van der Waals surface area contributed by atoms with Gasteiger partial charge in [0.05, 0.1) is 17.5 Å². The number of furan rings is 1. The standard InChI is InChI=1S/C17H14FN3O2S/c1-10-14(16(22)20-12-6-3-5-11(18)9-12)17(24-2)21-15(19-10)13-7-4-8-23-13/h3-9H,1-2H3,(H,20,22). The van der Waals surface area contributed by atoms with Gasteiger partial charge in [0.2, 0.25) is 0 Å². The van der Waals surface area contributed by atoms with Crippen LogP contribution in [-0.2, 0) is 0 Å². The predicted octanol–water partition coefficient (Wildman–Crippen LogP) is 4.16. The molecule has 2 aromatic heterocycles. The minimum absolute atomic E-state index is 0.363. The topological polar surface area (TPSA) is 68.0 Å². The van der Waals surface area contributed by atoms with E-state index in [2.05, 4.69) is 15.3 Å². The molecule has 0 saturated heterocycles. The number of amides is 1. The molecule has 3 aromatic rings. The predicted molar refractivity (Wildman–Crippen MR) is 90.6 cm³/mol. The van der Waals surface area contributed by atoms with Crippen molar-refractivity contribution >= 4 is 23.4 Å². The number of halogens is 1. The molecule has 1 aromatic carbocycles. The van der Waals surface area contributed by atoms with Crippen molar-refractivity contribution in [3.8, 4) is 11.6 Å². The van der Waals surface area contributed by atoms with Crippen molar-refractivity contribution in [2.45, 2.75) is 11.9 Å². The summed E-state index contributed by atoms with van der Waals surface area (Å²) in [5.74, 6) is 0.155. The van der Waals surface area contributed by atoms with Crippen LogP contribution in [-0.4, -0.2) is 22.1 Å². The molecule has 0 bridgehead atoms. The van der Waals surface area contributed by atoms with Crippen LogP contribution < -0.4 is 5.32 Å². The van der Waals surface area contributed by atoms with Gasteiger partial charge in [-0.05, 0) is 43.5 Å². The van der Waals surface area contributed by atoms with Gasteiger partial charge in [-0.2, -0.15) is 0 Å². The highest BCUT2D eigenvalue weighted by molar-refractivity contribution is 7.98. The number of carbonyl (C=O) groups excluding carboxylic acids is 1. The second-order valence-corrected chi connectivity index (χ2v) is 5.75. The molecule has 7 heteroatoms. The molecule has 0 aliphatic carbocycles. The van der Waals surface area contributed by atoms with Crippen molar-refractivity contribution in [1.29, 1.82) is 0 Å². The third-order valence-electron chi connectivity index (χ3n) is 3.30. The zero-order valence-electron chi connectivity index (χ0n) is 13.0. The summed E-state index contributed by atoms with van der Waals surface area (Å²) in [5, 5.41) is 3.20. The lowest BCUT2D eigenvalue weighted by molar-refractivity contribution is 0.102. The minimum Gasteiger partial charge on any atom is -0.461 e. The molecule has 0 saturated carbocycles. The molecule has 0 aliphatic rings. The van der Waals surface area contributed by atoms with E-state index in [1.54, 1.807) is 25.1 Å². The number of nitrogens with zero attached hydrogens (tertiary/aromatic N) is 2. The van der Waals surface area contributed by atoms with Crippen molar-refractivity contribution in [3.05, 3.63) is 59.7 Å². The minimum atomic E-state index is -0.418. The average Bonchev–Trinajstić information content (AvgIpc) is 3.08. The first-order valence-electron chi connectivity index (χ1n) is 7.12. The maximum atomic E-state index is 13.3. The Labute approximate surface area is 142 Å². The van der Waals surface area contributed by atoms with Gasteiger partial charge in [-0.3, -0.25) is 4.79 Å². The fraction of sp³-hybridized carbons (Fsp3) is 0.118. The Morgan fingerprint density at radius 1 is 1.25 bits per heavy atom. The monoisotopic (exact) mass is 343 g/mol. The number of benzene rings is 1. The Bertz CT molecular complexity index is 882. The lowest BCUT2D eigenvalue weighted by atomic mass is 10.2. The molecule has 24 heavy (non-hydrogen) atoms. The van der Waals surface area contributed by atoms with E-state index in [0.717, 1.165) is 0 Å². The highest BCUT2D eigenvalue weighted by Gasteiger charge is 2.20. The third kappa shape index (κ3) is 3.30. The first-order chi connectivity index (χ1) is 11.6. The number of hydrogen-bond acceptors (Lipinski definition) is 5. The van der Waals surface area contributed by atoms with Gasteiger partial charge in [0.1, 0.15) is 10.8 Å². The molecule has 1 N–H and O–H groups in total. The fourth-order valence-corrected chi connectivity index (χ4v) is 2.85. The van der Waals surface area contributed by atoms with E-state index < -0.39 is 5.82 Å². The van der Waals surface area contributed by atoms with E-state index in [4.69, 9.17) is 4.42 Å². The largest absolute Gasteiger partial charge is 0.461 e. The number of anilines is 1. The maximum Gasteiger partial charge on any atom is 0.260 e. The summed E-state index contributed by atoms with van der Waals surface area (Å²) < 4.78 is 18.6. The molecule has 0 fully saturated rings. The van der Waals surface area contributed by atoms with E-state index in [0.29, 0.717) is 33.6 Å². The second kappa shape index (κ2) is 6.84. The molecule has 5 nitrogen and oxygen atoms in total. The molecule has 1 amide bonds. The number of thioether (sulfide) groups is 1. The van der Waals surface area contributed by atoms with Crippen LogP contribution in [0.3, 0.4) is 0 Å². The fourth-order valence-electron chi connectivity index (χ4n) is 2.23. The molecular formula is C17H14FN3O2S. The number of carbonyl (C=O) groups is 1. The molecule has 122 valence electrons. The zero-order valence-corrected chi connectivity index (χ0v) is 13.9. The Kier molecular flexibility index (Phi) is 4.61. The highest BCUT2D eigenvalue weighted by Crippen LogP contribution is 2.26. The normalized spacial score (nSPS) is 10.6. The summed E-state index contributed by atoms with van der Waals surface area (Å²) in [4.78, 5) is 21.3. The van der Waals surface area contributed by atoms with Gasteiger partial charge in [0.15, 0.2) is 11.6 Å². The Morgan fingerprint density at radius 3 is 2.75 bits per heavy atom. The van der Waals surface area contributed by atoms with Crippen LogP contribution in [0, 0.1) is 12.7 Å². The van der Waals surface area contributed by atoms with Gasteiger partial charge in [-0.1, -0.05) is 6.07 Å². The Morgan fingerprint density at radius 2 is 2.08 bits per heavy atom. The Balaban J connectivity index is 1.96. The number of aryl methyl sites for hydroxylation is 1. The van der Waals surface area contributed by atoms with Crippen molar-refractivity contribution in [1.82, 2.24) is 9.97 Å². The van der Waals surface area contributed by atoms with Gasteiger partial charge >= 0.3 is 0 Å².